The average molecular weight is 528 g/mol. The van der Waals surface area contributed by atoms with E-state index in [-0.39, 0.29) is 10.7 Å². The van der Waals surface area contributed by atoms with Crippen LogP contribution in [0.3, 0.4) is 0 Å². The van der Waals surface area contributed by atoms with Gasteiger partial charge in [0.1, 0.15) is 11.7 Å². The fraction of sp³-hybridized carbons (Fsp3) is 0.200. The van der Waals surface area contributed by atoms with Crippen molar-refractivity contribution in [3.63, 3.8) is 0 Å². The number of benzene rings is 3. The minimum Gasteiger partial charge on any atom is -0.494 e. The molecule has 2 saturated heterocycles. The molecule has 3 unspecified atom stereocenters. The molecule has 2 aliphatic heterocycles. The molecule has 2 fully saturated rings. The first-order chi connectivity index (χ1) is 17.3. The zero-order valence-corrected chi connectivity index (χ0v) is 20.3. The van der Waals surface area contributed by atoms with Crippen molar-refractivity contribution in [1.82, 2.24) is 0 Å². The standard InChI is InChI=1S/C25H19Cl2N3O6/c1-2-35-18-8-4-5-15(13-18)28-24(31)21-22(19-10-9-14(26)11-20(19)27)29(36-23(21)25(28)32)16-6-3-7-17(12-16)30(33)34/h3-13,21-23H,2H2,1H3. The van der Waals surface area contributed by atoms with Gasteiger partial charge in [-0.3, -0.25) is 24.5 Å². The molecule has 0 bridgehead atoms. The molecule has 0 saturated carbocycles. The smallest absolute Gasteiger partial charge is 0.271 e. The van der Waals surface area contributed by atoms with Crippen LogP contribution < -0.4 is 14.7 Å². The molecular weight excluding hydrogens is 509 g/mol. The Kier molecular flexibility index (Phi) is 6.29. The van der Waals surface area contributed by atoms with Crippen LogP contribution in [0.5, 0.6) is 5.75 Å². The minimum atomic E-state index is -1.16. The number of hydrogen-bond acceptors (Lipinski definition) is 7. The molecule has 2 amide bonds. The lowest BCUT2D eigenvalue weighted by molar-refractivity contribution is -0.384. The van der Waals surface area contributed by atoms with Crippen LogP contribution in [0.4, 0.5) is 17.1 Å². The molecule has 3 atom stereocenters. The van der Waals surface area contributed by atoms with E-state index in [4.69, 9.17) is 32.8 Å². The number of fused-ring (bicyclic) bond motifs is 1. The van der Waals surface area contributed by atoms with Gasteiger partial charge in [0.25, 0.3) is 11.6 Å². The molecule has 36 heavy (non-hydrogen) atoms. The lowest BCUT2D eigenvalue weighted by Crippen LogP contribution is -2.37. The number of non-ortho nitro benzene ring substituents is 1. The summed E-state index contributed by atoms with van der Waals surface area (Å²) in [7, 11) is 0. The Morgan fingerprint density at radius 3 is 2.47 bits per heavy atom. The van der Waals surface area contributed by atoms with Gasteiger partial charge in [0.15, 0.2) is 6.10 Å². The molecule has 11 heteroatoms. The van der Waals surface area contributed by atoms with Gasteiger partial charge in [-0.2, -0.15) is 0 Å². The van der Waals surface area contributed by atoms with Crippen molar-refractivity contribution < 1.29 is 24.1 Å². The summed E-state index contributed by atoms with van der Waals surface area (Å²) in [4.78, 5) is 45.2. The third-order valence-electron chi connectivity index (χ3n) is 6.08. The maximum absolute atomic E-state index is 13.8. The fourth-order valence-electron chi connectivity index (χ4n) is 4.57. The van der Waals surface area contributed by atoms with Gasteiger partial charge in [0, 0.05) is 28.2 Å². The van der Waals surface area contributed by atoms with E-state index in [0.29, 0.717) is 34.3 Å². The van der Waals surface area contributed by atoms with E-state index < -0.39 is 34.8 Å². The number of halogens is 2. The number of imide groups is 1. The summed E-state index contributed by atoms with van der Waals surface area (Å²) in [6, 6.07) is 16.4. The summed E-state index contributed by atoms with van der Waals surface area (Å²) in [5.41, 5.74) is 0.990. The number of anilines is 2. The average Bonchev–Trinajstić information content (AvgIpc) is 3.35. The van der Waals surface area contributed by atoms with Crippen molar-refractivity contribution in [2.45, 2.75) is 19.1 Å². The second-order valence-corrected chi connectivity index (χ2v) is 9.05. The second kappa shape index (κ2) is 9.42. The number of amides is 2. The van der Waals surface area contributed by atoms with Crippen molar-refractivity contribution in [3.05, 3.63) is 92.5 Å². The summed E-state index contributed by atoms with van der Waals surface area (Å²) < 4.78 is 5.52. The van der Waals surface area contributed by atoms with Crippen LogP contribution in [-0.4, -0.2) is 29.4 Å². The molecule has 3 aromatic rings. The molecule has 2 heterocycles. The lowest BCUT2D eigenvalue weighted by atomic mass is 9.90. The van der Waals surface area contributed by atoms with Gasteiger partial charge in [0.05, 0.1) is 28.9 Å². The van der Waals surface area contributed by atoms with Crippen molar-refractivity contribution >= 4 is 52.1 Å². The third-order valence-corrected chi connectivity index (χ3v) is 6.64. The van der Waals surface area contributed by atoms with Gasteiger partial charge in [0.2, 0.25) is 5.91 Å². The summed E-state index contributed by atoms with van der Waals surface area (Å²) in [6.07, 6.45) is -1.16. The third kappa shape index (κ3) is 4.05. The molecule has 0 aliphatic carbocycles. The molecule has 2 aliphatic rings. The highest BCUT2D eigenvalue weighted by molar-refractivity contribution is 6.35. The predicted molar refractivity (Wildman–Crippen MR) is 133 cm³/mol. The van der Waals surface area contributed by atoms with Gasteiger partial charge in [-0.1, -0.05) is 41.4 Å². The van der Waals surface area contributed by atoms with Crippen molar-refractivity contribution in [2.24, 2.45) is 5.92 Å². The summed E-state index contributed by atoms with van der Waals surface area (Å²) >= 11 is 12.6. The fourth-order valence-corrected chi connectivity index (χ4v) is 5.09. The number of nitro benzene ring substituents is 1. The largest absolute Gasteiger partial charge is 0.494 e. The van der Waals surface area contributed by atoms with Crippen molar-refractivity contribution in [3.8, 4) is 5.75 Å². The van der Waals surface area contributed by atoms with E-state index in [9.17, 15) is 19.7 Å². The van der Waals surface area contributed by atoms with Crippen LogP contribution in [0, 0.1) is 16.0 Å². The maximum Gasteiger partial charge on any atom is 0.271 e. The van der Waals surface area contributed by atoms with E-state index in [1.807, 2.05) is 6.92 Å². The highest BCUT2D eigenvalue weighted by Crippen LogP contribution is 2.49. The number of hydrogen-bond donors (Lipinski definition) is 0. The van der Waals surface area contributed by atoms with E-state index in [0.717, 1.165) is 4.90 Å². The van der Waals surface area contributed by atoms with E-state index in [1.54, 1.807) is 42.5 Å². The molecule has 184 valence electrons. The van der Waals surface area contributed by atoms with Gasteiger partial charge in [-0.25, -0.2) is 9.96 Å². The number of nitrogens with zero attached hydrogens (tertiary/aromatic N) is 3. The number of carbonyl (C=O) groups excluding carboxylic acids is 2. The zero-order valence-electron chi connectivity index (χ0n) is 18.8. The predicted octanol–water partition coefficient (Wildman–Crippen LogP) is 5.35. The van der Waals surface area contributed by atoms with Crippen LogP contribution in [0.15, 0.2) is 66.7 Å². The molecule has 9 nitrogen and oxygen atoms in total. The number of nitro groups is 1. The quantitative estimate of drug-likeness (QED) is 0.241. The summed E-state index contributed by atoms with van der Waals surface area (Å²) in [5, 5.41) is 13.4. The molecule has 0 radical (unpaired) electrons. The topological polar surface area (TPSA) is 102 Å². The van der Waals surface area contributed by atoms with Crippen LogP contribution in [-0.2, 0) is 14.4 Å². The van der Waals surface area contributed by atoms with Crippen LogP contribution in [0.1, 0.15) is 18.5 Å². The SMILES string of the molecule is CCOc1cccc(N2C(=O)C3ON(c4cccc([N+](=O)[O-])c4)C(c4ccc(Cl)cc4Cl)C3C2=O)c1. The molecule has 0 aromatic heterocycles. The Labute approximate surface area is 215 Å². The number of ether oxygens (including phenoxy) is 1. The number of hydroxylamine groups is 1. The van der Waals surface area contributed by atoms with Crippen LogP contribution >= 0.6 is 23.2 Å². The Balaban J connectivity index is 1.60. The van der Waals surface area contributed by atoms with Crippen LogP contribution in [0.25, 0.3) is 0 Å². The van der Waals surface area contributed by atoms with Crippen LogP contribution in [0.2, 0.25) is 10.0 Å². The molecular formula is C25H19Cl2N3O6. The van der Waals surface area contributed by atoms with Crippen molar-refractivity contribution in [1.29, 1.82) is 0 Å². The Hall–Kier alpha value is -3.66. The first-order valence-electron chi connectivity index (χ1n) is 11.1. The highest BCUT2D eigenvalue weighted by atomic mass is 35.5. The molecule has 3 aromatic carbocycles. The van der Waals surface area contributed by atoms with Crippen molar-refractivity contribution in [2.75, 3.05) is 16.6 Å². The maximum atomic E-state index is 13.8. The second-order valence-electron chi connectivity index (χ2n) is 8.21. The van der Waals surface area contributed by atoms with Gasteiger partial charge < -0.3 is 4.74 Å². The molecule has 5 rings (SSSR count). The minimum absolute atomic E-state index is 0.166. The van der Waals surface area contributed by atoms with Gasteiger partial charge in [-0.15, -0.1) is 0 Å². The van der Waals surface area contributed by atoms with E-state index in [1.165, 1.54) is 29.3 Å². The zero-order chi connectivity index (χ0) is 25.6. The first kappa shape index (κ1) is 24.1. The van der Waals surface area contributed by atoms with Gasteiger partial charge in [-0.05, 0) is 42.8 Å². The Morgan fingerprint density at radius 2 is 1.75 bits per heavy atom. The van der Waals surface area contributed by atoms with Gasteiger partial charge >= 0.3 is 0 Å². The van der Waals surface area contributed by atoms with E-state index in [2.05, 4.69) is 0 Å². The van der Waals surface area contributed by atoms with E-state index >= 15 is 0 Å². The molecule has 0 N–H and O–H groups in total. The summed E-state index contributed by atoms with van der Waals surface area (Å²) in [5.74, 6) is -1.49. The summed E-state index contributed by atoms with van der Waals surface area (Å²) in [6.45, 7) is 2.26. The molecule has 0 spiro atoms. The Bertz CT molecular complexity index is 1380. The first-order valence-corrected chi connectivity index (χ1v) is 11.8. The number of carbonyl (C=O) groups is 2. The monoisotopic (exact) mass is 527 g/mol. The Morgan fingerprint density at radius 1 is 1.00 bits per heavy atom. The lowest BCUT2D eigenvalue weighted by Gasteiger charge is -2.29. The normalized spacial score (nSPS) is 21.1. The highest BCUT2D eigenvalue weighted by Gasteiger charge is 2.60. The number of rotatable bonds is 6.